The Morgan fingerprint density at radius 2 is 2.03 bits per heavy atom. The van der Waals surface area contributed by atoms with Crippen LogP contribution in [0.5, 0.6) is 0 Å². The van der Waals surface area contributed by atoms with Gasteiger partial charge in [-0.3, -0.25) is 9.89 Å². The lowest BCUT2D eigenvalue weighted by molar-refractivity contribution is 0.0303. The van der Waals surface area contributed by atoms with Crippen molar-refractivity contribution >= 4 is 22.5 Å². The minimum atomic E-state index is 0.0285. The van der Waals surface area contributed by atoms with E-state index >= 15 is 0 Å². The maximum absolute atomic E-state index is 13.0. The van der Waals surface area contributed by atoms with Crippen molar-refractivity contribution in [2.75, 3.05) is 32.9 Å². The molecule has 0 atom stereocenters. The minimum absolute atomic E-state index is 0.0285. The first kappa shape index (κ1) is 22.7. The van der Waals surface area contributed by atoms with Gasteiger partial charge in [-0.05, 0) is 50.1 Å². The number of aromatic nitrogens is 3. The van der Waals surface area contributed by atoms with E-state index < -0.39 is 0 Å². The van der Waals surface area contributed by atoms with Gasteiger partial charge in [0.15, 0.2) is 5.65 Å². The van der Waals surface area contributed by atoms with Crippen LogP contribution in [0.2, 0.25) is 0 Å². The number of benzene rings is 1. The molecule has 1 aliphatic heterocycles. The van der Waals surface area contributed by atoms with E-state index in [2.05, 4.69) is 34.2 Å². The molecule has 1 amide bonds. The van der Waals surface area contributed by atoms with Crippen LogP contribution in [0.25, 0.3) is 27.7 Å². The van der Waals surface area contributed by atoms with Crippen molar-refractivity contribution in [2.24, 2.45) is 0 Å². The molecule has 1 N–H and O–H groups in total. The molecule has 7 heteroatoms. The summed E-state index contributed by atoms with van der Waals surface area (Å²) in [6.07, 6.45) is 6.76. The minimum Gasteiger partial charge on any atom is -0.494 e. The molecule has 172 valence electrons. The number of nitrogens with zero attached hydrogens (tertiary/aromatic N) is 3. The predicted octanol–water partition coefficient (Wildman–Crippen LogP) is 4.83. The molecule has 1 aromatic carbocycles. The summed E-state index contributed by atoms with van der Waals surface area (Å²) >= 11 is 0. The van der Waals surface area contributed by atoms with E-state index in [0.29, 0.717) is 44.1 Å². The standard InChI is InChI=1S/C26H30N4O3/c1-4-8-21(23(5-2)33-6-3)24-22-16-20(17-27-25(22)29-28-24)18-9-7-10-19(15-18)26(31)30-11-13-32-14-12-30/h5,7-10,15-17H,4,6,11-14H2,1-3H3,(H,27,28,29)/b21-8+,23-5+. The highest BCUT2D eigenvalue weighted by Crippen LogP contribution is 2.31. The van der Waals surface area contributed by atoms with Crippen LogP contribution in [0.15, 0.2) is 54.4 Å². The second-order valence-corrected chi connectivity index (χ2v) is 7.79. The second kappa shape index (κ2) is 10.4. The maximum atomic E-state index is 13.0. The van der Waals surface area contributed by atoms with Gasteiger partial charge >= 0.3 is 0 Å². The van der Waals surface area contributed by atoms with Crippen LogP contribution in [-0.2, 0) is 9.47 Å². The maximum Gasteiger partial charge on any atom is 0.254 e. The summed E-state index contributed by atoms with van der Waals surface area (Å²) in [7, 11) is 0. The fourth-order valence-electron chi connectivity index (χ4n) is 4.05. The molecule has 0 spiro atoms. The van der Waals surface area contributed by atoms with Crippen LogP contribution in [0.3, 0.4) is 0 Å². The number of ether oxygens (including phenoxy) is 2. The Morgan fingerprint density at radius 1 is 1.21 bits per heavy atom. The first-order valence-corrected chi connectivity index (χ1v) is 11.5. The Morgan fingerprint density at radius 3 is 2.76 bits per heavy atom. The molecule has 0 aliphatic carbocycles. The van der Waals surface area contributed by atoms with E-state index in [1.165, 1.54) is 0 Å². The first-order chi connectivity index (χ1) is 16.2. The summed E-state index contributed by atoms with van der Waals surface area (Å²) in [5, 5.41) is 8.47. The molecule has 33 heavy (non-hydrogen) atoms. The van der Waals surface area contributed by atoms with E-state index in [1.54, 1.807) is 6.20 Å². The van der Waals surface area contributed by atoms with Crippen LogP contribution in [0, 0.1) is 0 Å². The van der Waals surface area contributed by atoms with Gasteiger partial charge in [-0.15, -0.1) is 0 Å². The number of hydrogen-bond acceptors (Lipinski definition) is 5. The second-order valence-electron chi connectivity index (χ2n) is 7.79. The number of aromatic amines is 1. The van der Waals surface area contributed by atoms with Gasteiger partial charge in [0, 0.05) is 41.4 Å². The lowest BCUT2D eigenvalue weighted by Crippen LogP contribution is -2.40. The van der Waals surface area contributed by atoms with Gasteiger partial charge in [-0.1, -0.05) is 25.1 Å². The summed E-state index contributed by atoms with van der Waals surface area (Å²) < 4.78 is 11.2. The topological polar surface area (TPSA) is 80.3 Å². The number of carbonyl (C=O) groups excluding carboxylic acids is 1. The van der Waals surface area contributed by atoms with Gasteiger partial charge in [0.1, 0.15) is 5.76 Å². The van der Waals surface area contributed by atoms with Crippen LogP contribution < -0.4 is 0 Å². The molecular weight excluding hydrogens is 416 g/mol. The van der Waals surface area contributed by atoms with Crippen molar-refractivity contribution in [2.45, 2.75) is 27.2 Å². The molecule has 0 radical (unpaired) electrons. The number of morpholine rings is 1. The zero-order chi connectivity index (χ0) is 23.2. The van der Waals surface area contributed by atoms with E-state index in [9.17, 15) is 4.79 Å². The molecule has 2 aromatic heterocycles. The number of hydrogen-bond donors (Lipinski definition) is 1. The Kier molecular flexibility index (Phi) is 7.19. The fraction of sp³-hybridized carbons (Fsp3) is 0.346. The third-order valence-electron chi connectivity index (χ3n) is 5.66. The molecule has 3 aromatic rings. The zero-order valence-corrected chi connectivity index (χ0v) is 19.4. The molecule has 0 unspecified atom stereocenters. The van der Waals surface area contributed by atoms with Crippen molar-refractivity contribution in [3.63, 3.8) is 0 Å². The van der Waals surface area contributed by atoms with Crippen LogP contribution in [0.4, 0.5) is 0 Å². The van der Waals surface area contributed by atoms with Crippen molar-refractivity contribution in [1.29, 1.82) is 0 Å². The number of allylic oxidation sites excluding steroid dienone is 3. The highest BCUT2D eigenvalue weighted by atomic mass is 16.5. The van der Waals surface area contributed by atoms with E-state index in [4.69, 9.17) is 9.47 Å². The number of amides is 1. The average Bonchev–Trinajstić information content (AvgIpc) is 3.29. The molecule has 3 heterocycles. The van der Waals surface area contributed by atoms with Gasteiger partial charge in [0.2, 0.25) is 0 Å². The van der Waals surface area contributed by atoms with E-state index in [1.807, 2.05) is 49.1 Å². The van der Waals surface area contributed by atoms with Crippen molar-refractivity contribution in [1.82, 2.24) is 20.1 Å². The van der Waals surface area contributed by atoms with Gasteiger partial charge in [-0.25, -0.2) is 4.98 Å². The molecule has 4 rings (SSSR count). The summed E-state index contributed by atoms with van der Waals surface area (Å²) in [6, 6.07) is 9.78. The Balaban J connectivity index is 1.72. The lowest BCUT2D eigenvalue weighted by atomic mass is 10.0. The summed E-state index contributed by atoms with van der Waals surface area (Å²) in [6.45, 7) is 9.02. The number of carbonyl (C=O) groups is 1. The van der Waals surface area contributed by atoms with Crippen LogP contribution in [0.1, 0.15) is 43.2 Å². The predicted molar refractivity (Wildman–Crippen MR) is 130 cm³/mol. The fourth-order valence-corrected chi connectivity index (χ4v) is 4.05. The number of fused-ring (bicyclic) bond motifs is 1. The van der Waals surface area contributed by atoms with E-state index in [-0.39, 0.29) is 5.91 Å². The number of nitrogens with one attached hydrogen (secondary N) is 1. The third kappa shape index (κ3) is 4.83. The Hall–Kier alpha value is -3.45. The smallest absolute Gasteiger partial charge is 0.254 e. The highest BCUT2D eigenvalue weighted by Gasteiger charge is 2.20. The first-order valence-electron chi connectivity index (χ1n) is 11.5. The molecule has 0 saturated carbocycles. The van der Waals surface area contributed by atoms with Crippen LogP contribution in [-0.4, -0.2) is 58.9 Å². The summed E-state index contributed by atoms with van der Waals surface area (Å²) in [4.78, 5) is 19.4. The molecule has 0 bridgehead atoms. The van der Waals surface area contributed by atoms with Crippen molar-refractivity contribution in [3.8, 4) is 11.1 Å². The SMILES string of the molecule is C/C=C(OCC)\C(=C/CC)c1[nH]nc2ncc(-c3cccc(C(=O)N4CCOCC4)c3)cc12. The highest BCUT2D eigenvalue weighted by molar-refractivity contribution is 5.97. The van der Waals surface area contributed by atoms with Gasteiger partial charge in [-0.2, -0.15) is 5.10 Å². The largest absolute Gasteiger partial charge is 0.494 e. The van der Waals surface area contributed by atoms with Crippen LogP contribution >= 0.6 is 0 Å². The molecule has 7 nitrogen and oxygen atoms in total. The number of H-pyrrole nitrogens is 1. The number of pyridine rings is 1. The third-order valence-corrected chi connectivity index (χ3v) is 5.66. The Bertz CT molecular complexity index is 1190. The zero-order valence-electron chi connectivity index (χ0n) is 19.4. The molecular formula is C26H30N4O3. The van der Waals surface area contributed by atoms with Gasteiger partial charge in [0.25, 0.3) is 5.91 Å². The Labute approximate surface area is 194 Å². The monoisotopic (exact) mass is 446 g/mol. The lowest BCUT2D eigenvalue weighted by Gasteiger charge is -2.27. The van der Waals surface area contributed by atoms with Gasteiger partial charge in [0.05, 0.1) is 25.5 Å². The summed E-state index contributed by atoms with van der Waals surface area (Å²) in [5.41, 5.74) is 5.02. The molecule has 1 fully saturated rings. The molecule has 1 aliphatic rings. The van der Waals surface area contributed by atoms with E-state index in [0.717, 1.165) is 40.0 Å². The molecule has 1 saturated heterocycles. The normalized spacial score (nSPS) is 15.2. The van der Waals surface area contributed by atoms with Crippen molar-refractivity contribution in [3.05, 3.63) is 65.7 Å². The number of rotatable bonds is 7. The quantitative estimate of drug-likeness (QED) is 0.415. The summed E-state index contributed by atoms with van der Waals surface area (Å²) in [5.74, 6) is 0.842. The van der Waals surface area contributed by atoms with Gasteiger partial charge < -0.3 is 14.4 Å². The van der Waals surface area contributed by atoms with Crippen molar-refractivity contribution < 1.29 is 14.3 Å². The average molecular weight is 447 g/mol.